The third kappa shape index (κ3) is 2.14. The maximum absolute atomic E-state index is 12.2. The van der Waals surface area contributed by atoms with Crippen molar-refractivity contribution in [1.29, 1.82) is 0 Å². The standard InChI is InChI=1S/C13H22O2/c1-11(2,3)9(14)13(7-8-13)10(15)12(4,5)6/h7-8H2,1-6H3. The van der Waals surface area contributed by atoms with Crippen molar-refractivity contribution >= 4 is 11.6 Å². The van der Waals surface area contributed by atoms with E-state index in [0.717, 1.165) is 12.8 Å². The van der Waals surface area contributed by atoms with E-state index in [9.17, 15) is 9.59 Å². The molecular weight excluding hydrogens is 188 g/mol. The summed E-state index contributed by atoms with van der Waals surface area (Å²) in [7, 11) is 0. The summed E-state index contributed by atoms with van der Waals surface area (Å²) >= 11 is 0. The van der Waals surface area contributed by atoms with Gasteiger partial charge in [0.15, 0.2) is 11.6 Å². The molecule has 0 heterocycles. The van der Waals surface area contributed by atoms with Gasteiger partial charge in [-0.15, -0.1) is 0 Å². The highest BCUT2D eigenvalue weighted by molar-refractivity contribution is 6.13. The van der Waals surface area contributed by atoms with Crippen LogP contribution in [0.15, 0.2) is 0 Å². The average Bonchev–Trinajstić information content (AvgIpc) is 2.78. The lowest BCUT2D eigenvalue weighted by atomic mass is 9.72. The molecule has 0 radical (unpaired) electrons. The van der Waals surface area contributed by atoms with Gasteiger partial charge in [-0.25, -0.2) is 0 Å². The summed E-state index contributed by atoms with van der Waals surface area (Å²) in [6.07, 6.45) is 1.50. The Morgan fingerprint density at radius 2 is 1.07 bits per heavy atom. The number of carbonyl (C=O) groups is 2. The van der Waals surface area contributed by atoms with E-state index in [-0.39, 0.29) is 11.6 Å². The van der Waals surface area contributed by atoms with Crippen LogP contribution in [-0.2, 0) is 9.59 Å². The first-order valence-corrected chi connectivity index (χ1v) is 5.62. The molecule has 15 heavy (non-hydrogen) atoms. The van der Waals surface area contributed by atoms with Gasteiger partial charge in [0.05, 0.1) is 5.41 Å². The SMILES string of the molecule is CC(C)(C)C(=O)C1(C(=O)C(C)(C)C)CC1. The highest BCUT2D eigenvalue weighted by atomic mass is 16.2. The maximum Gasteiger partial charge on any atom is 0.151 e. The van der Waals surface area contributed by atoms with Crippen LogP contribution in [0, 0.1) is 16.2 Å². The van der Waals surface area contributed by atoms with Gasteiger partial charge < -0.3 is 0 Å². The van der Waals surface area contributed by atoms with Gasteiger partial charge in [0, 0.05) is 10.8 Å². The molecule has 0 N–H and O–H groups in total. The molecule has 0 amide bonds. The van der Waals surface area contributed by atoms with Gasteiger partial charge in [-0.1, -0.05) is 41.5 Å². The second-order valence-electron chi connectivity index (χ2n) is 6.74. The van der Waals surface area contributed by atoms with Crippen molar-refractivity contribution < 1.29 is 9.59 Å². The summed E-state index contributed by atoms with van der Waals surface area (Å²) in [6, 6.07) is 0. The molecule has 0 aromatic rings. The Kier molecular flexibility index (Phi) is 2.62. The Morgan fingerprint density at radius 1 is 0.800 bits per heavy atom. The zero-order valence-electron chi connectivity index (χ0n) is 10.7. The molecular formula is C13H22O2. The number of hydrogen-bond donors (Lipinski definition) is 0. The summed E-state index contributed by atoms with van der Waals surface area (Å²) in [5.74, 6) is 0.241. The van der Waals surface area contributed by atoms with Crippen LogP contribution in [0.1, 0.15) is 54.4 Å². The van der Waals surface area contributed by atoms with Gasteiger partial charge in [0.2, 0.25) is 0 Å². The van der Waals surface area contributed by atoms with Crippen molar-refractivity contribution in [2.75, 3.05) is 0 Å². The van der Waals surface area contributed by atoms with Gasteiger partial charge in [-0.3, -0.25) is 9.59 Å². The van der Waals surface area contributed by atoms with Crippen LogP contribution in [-0.4, -0.2) is 11.6 Å². The fourth-order valence-electron chi connectivity index (χ4n) is 2.12. The Labute approximate surface area is 92.4 Å². The van der Waals surface area contributed by atoms with E-state index in [1.54, 1.807) is 0 Å². The van der Waals surface area contributed by atoms with E-state index in [2.05, 4.69) is 0 Å². The fourth-order valence-corrected chi connectivity index (χ4v) is 2.12. The summed E-state index contributed by atoms with van der Waals surface area (Å²) in [4.78, 5) is 24.4. The van der Waals surface area contributed by atoms with E-state index in [1.807, 2.05) is 41.5 Å². The number of rotatable bonds is 2. The van der Waals surface area contributed by atoms with Gasteiger partial charge >= 0.3 is 0 Å². The molecule has 86 valence electrons. The molecule has 1 aliphatic rings. The maximum atomic E-state index is 12.2. The van der Waals surface area contributed by atoms with E-state index in [1.165, 1.54) is 0 Å². The van der Waals surface area contributed by atoms with E-state index in [0.29, 0.717) is 0 Å². The Morgan fingerprint density at radius 3 is 1.20 bits per heavy atom. The molecule has 0 aliphatic heterocycles. The van der Waals surface area contributed by atoms with Crippen molar-refractivity contribution in [2.24, 2.45) is 16.2 Å². The molecule has 0 saturated heterocycles. The van der Waals surface area contributed by atoms with Crippen LogP contribution in [0.5, 0.6) is 0 Å². The summed E-state index contributed by atoms with van der Waals surface area (Å²) in [6.45, 7) is 11.4. The molecule has 0 atom stereocenters. The zero-order chi connectivity index (χ0) is 12.1. The van der Waals surface area contributed by atoms with Crippen LogP contribution in [0.4, 0.5) is 0 Å². The Bertz CT molecular complexity index is 267. The normalized spacial score (nSPS) is 19.9. The highest BCUT2D eigenvalue weighted by Crippen LogP contribution is 2.54. The van der Waals surface area contributed by atoms with Crippen molar-refractivity contribution in [3.8, 4) is 0 Å². The topological polar surface area (TPSA) is 34.1 Å². The Balaban J connectivity index is 2.96. The molecule has 0 bridgehead atoms. The lowest BCUT2D eigenvalue weighted by Crippen LogP contribution is -2.40. The molecule has 0 spiro atoms. The zero-order valence-corrected chi connectivity index (χ0v) is 10.7. The monoisotopic (exact) mass is 210 g/mol. The second kappa shape index (κ2) is 3.16. The highest BCUT2D eigenvalue weighted by Gasteiger charge is 2.60. The molecule has 0 aromatic heterocycles. The van der Waals surface area contributed by atoms with Crippen molar-refractivity contribution in [3.05, 3.63) is 0 Å². The van der Waals surface area contributed by atoms with Crippen LogP contribution in [0.3, 0.4) is 0 Å². The average molecular weight is 210 g/mol. The van der Waals surface area contributed by atoms with Crippen molar-refractivity contribution in [3.63, 3.8) is 0 Å². The smallest absolute Gasteiger partial charge is 0.151 e. The molecule has 0 unspecified atom stereocenters. The summed E-state index contributed by atoms with van der Waals surface area (Å²) < 4.78 is 0. The molecule has 2 nitrogen and oxygen atoms in total. The minimum atomic E-state index is -0.642. The van der Waals surface area contributed by atoms with E-state index < -0.39 is 16.2 Å². The molecule has 1 rings (SSSR count). The third-order valence-corrected chi connectivity index (χ3v) is 2.98. The predicted octanol–water partition coefficient (Wildman–Crippen LogP) is 3.00. The number of carbonyl (C=O) groups excluding carboxylic acids is 2. The first kappa shape index (κ1) is 12.4. The second-order valence-corrected chi connectivity index (χ2v) is 6.74. The van der Waals surface area contributed by atoms with Crippen LogP contribution >= 0.6 is 0 Å². The number of Topliss-reactive ketones (excluding diaryl/α,β-unsaturated/α-hetero) is 2. The van der Waals surface area contributed by atoms with Gasteiger partial charge in [0.25, 0.3) is 0 Å². The van der Waals surface area contributed by atoms with Gasteiger partial charge in [-0.05, 0) is 12.8 Å². The third-order valence-electron chi connectivity index (χ3n) is 2.98. The molecule has 2 heteroatoms. The molecule has 1 aliphatic carbocycles. The fraction of sp³-hybridized carbons (Fsp3) is 0.846. The molecule has 0 aromatic carbocycles. The van der Waals surface area contributed by atoms with Crippen LogP contribution < -0.4 is 0 Å². The van der Waals surface area contributed by atoms with E-state index >= 15 is 0 Å². The lowest BCUT2D eigenvalue weighted by Gasteiger charge is -2.28. The van der Waals surface area contributed by atoms with Crippen LogP contribution in [0.25, 0.3) is 0 Å². The molecule has 1 fully saturated rings. The largest absolute Gasteiger partial charge is 0.298 e. The predicted molar refractivity (Wildman–Crippen MR) is 60.6 cm³/mol. The summed E-state index contributed by atoms with van der Waals surface area (Å²) in [5.41, 5.74) is -1.45. The summed E-state index contributed by atoms with van der Waals surface area (Å²) in [5, 5.41) is 0. The van der Waals surface area contributed by atoms with Gasteiger partial charge in [0.1, 0.15) is 0 Å². The first-order chi connectivity index (χ1) is 6.52. The number of ketones is 2. The van der Waals surface area contributed by atoms with Crippen molar-refractivity contribution in [2.45, 2.75) is 54.4 Å². The van der Waals surface area contributed by atoms with Crippen LogP contribution in [0.2, 0.25) is 0 Å². The van der Waals surface area contributed by atoms with Crippen molar-refractivity contribution in [1.82, 2.24) is 0 Å². The molecule has 1 saturated carbocycles. The minimum absolute atomic E-state index is 0.120. The first-order valence-electron chi connectivity index (χ1n) is 5.62. The Hall–Kier alpha value is -0.660. The van der Waals surface area contributed by atoms with E-state index in [4.69, 9.17) is 0 Å². The van der Waals surface area contributed by atoms with Gasteiger partial charge in [-0.2, -0.15) is 0 Å². The number of hydrogen-bond acceptors (Lipinski definition) is 2. The quantitative estimate of drug-likeness (QED) is 0.657. The lowest BCUT2D eigenvalue weighted by molar-refractivity contribution is -0.143. The minimum Gasteiger partial charge on any atom is -0.298 e.